The number of imidazole rings is 1. The van der Waals surface area contributed by atoms with E-state index >= 15 is 0 Å². The summed E-state index contributed by atoms with van der Waals surface area (Å²) in [6, 6.07) is 8.06. The van der Waals surface area contributed by atoms with Crippen molar-refractivity contribution in [2.45, 2.75) is 38.6 Å². The highest BCUT2D eigenvalue weighted by Crippen LogP contribution is 2.14. The number of aryl methyl sites for hydroxylation is 1. The van der Waals surface area contributed by atoms with Crippen molar-refractivity contribution in [3.8, 4) is 0 Å². The zero-order valence-electron chi connectivity index (χ0n) is 11.8. The van der Waals surface area contributed by atoms with Gasteiger partial charge in [0.05, 0.1) is 17.4 Å². The molecule has 106 valence electrons. The van der Waals surface area contributed by atoms with Crippen molar-refractivity contribution in [1.82, 2.24) is 14.5 Å². The first kappa shape index (κ1) is 13.2. The Balaban J connectivity index is 1.62. The molecule has 1 aliphatic heterocycles. The average molecular weight is 271 g/mol. The number of carbonyl (C=O) groups excluding carboxylic acids is 1. The number of nitrogens with zero attached hydrogens (tertiary/aromatic N) is 3. The topological polar surface area (TPSA) is 38.1 Å². The molecule has 2 aromatic rings. The molecule has 1 aromatic carbocycles. The van der Waals surface area contributed by atoms with E-state index in [0.717, 1.165) is 43.5 Å². The van der Waals surface area contributed by atoms with Gasteiger partial charge in [-0.05, 0) is 25.0 Å². The Labute approximate surface area is 119 Å². The van der Waals surface area contributed by atoms with Gasteiger partial charge in [-0.25, -0.2) is 4.98 Å². The second-order valence-electron chi connectivity index (χ2n) is 5.47. The lowest BCUT2D eigenvalue weighted by Gasteiger charge is -2.20. The number of hydrogen-bond donors (Lipinski definition) is 0. The van der Waals surface area contributed by atoms with E-state index in [9.17, 15) is 4.79 Å². The molecule has 0 N–H and O–H groups in total. The van der Waals surface area contributed by atoms with Crippen LogP contribution in [0.3, 0.4) is 0 Å². The maximum atomic E-state index is 12.3. The Kier molecular flexibility index (Phi) is 4.00. The number of carbonyl (C=O) groups is 1. The van der Waals surface area contributed by atoms with E-state index in [4.69, 9.17) is 0 Å². The van der Waals surface area contributed by atoms with Gasteiger partial charge in [-0.1, -0.05) is 25.0 Å². The second kappa shape index (κ2) is 6.07. The number of amides is 1. The van der Waals surface area contributed by atoms with Gasteiger partial charge in [0.15, 0.2) is 0 Å². The molecular formula is C16H21N3O. The summed E-state index contributed by atoms with van der Waals surface area (Å²) in [6.45, 7) is 2.59. The minimum atomic E-state index is 0.282. The molecule has 0 atom stereocenters. The average Bonchev–Trinajstić information content (AvgIpc) is 2.70. The monoisotopic (exact) mass is 271 g/mol. The molecule has 1 amide bonds. The second-order valence-corrected chi connectivity index (χ2v) is 5.47. The van der Waals surface area contributed by atoms with Crippen LogP contribution in [0.4, 0.5) is 0 Å². The molecule has 20 heavy (non-hydrogen) atoms. The summed E-state index contributed by atoms with van der Waals surface area (Å²) < 4.78 is 2.07. The van der Waals surface area contributed by atoms with Gasteiger partial charge in [0.1, 0.15) is 0 Å². The summed E-state index contributed by atoms with van der Waals surface area (Å²) in [6.07, 6.45) is 7.23. The van der Waals surface area contributed by atoms with Gasteiger partial charge in [0.25, 0.3) is 0 Å². The van der Waals surface area contributed by atoms with E-state index in [1.807, 2.05) is 29.4 Å². The number of para-hydroxylation sites is 2. The lowest BCUT2D eigenvalue weighted by atomic mass is 10.2. The van der Waals surface area contributed by atoms with Crippen molar-refractivity contribution in [3.05, 3.63) is 30.6 Å². The van der Waals surface area contributed by atoms with Crippen LogP contribution in [0.25, 0.3) is 11.0 Å². The minimum absolute atomic E-state index is 0.282. The van der Waals surface area contributed by atoms with Gasteiger partial charge in [0, 0.05) is 26.1 Å². The fraction of sp³-hybridized carbons (Fsp3) is 0.500. The Morgan fingerprint density at radius 2 is 1.85 bits per heavy atom. The van der Waals surface area contributed by atoms with Gasteiger partial charge in [-0.15, -0.1) is 0 Å². The van der Waals surface area contributed by atoms with Gasteiger partial charge in [0.2, 0.25) is 5.91 Å². The smallest absolute Gasteiger partial charge is 0.224 e. The standard InChI is InChI=1S/C16H21N3O/c20-16(18-10-5-1-2-6-11-18)9-12-19-13-17-14-7-3-4-8-15(14)19/h3-4,7-8,13H,1-2,5-6,9-12H2. The van der Waals surface area contributed by atoms with Gasteiger partial charge < -0.3 is 9.47 Å². The molecule has 2 heterocycles. The zero-order valence-corrected chi connectivity index (χ0v) is 11.8. The van der Waals surface area contributed by atoms with E-state index in [-0.39, 0.29) is 5.91 Å². The lowest BCUT2D eigenvalue weighted by molar-refractivity contribution is -0.131. The van der Waals surface area contributed by atoms with Crippen LogP contribution in [-0.4, -0.2) is 33.4 Å². The van der Waals surface area contributed by atoms with E-state index < -0.39 is 0 Å². The number of rotatable bonds is 3. The molecule has 0 bridgehead atoms. The number of benzene rings is 1. The van der Waals surface area contributed by atoms with Crippen LogP contribution in [0.1, 0.15) is 32.1 Å². The third-order valence-corrected chi connectivity index (χ3v) is 4.05. The maximum absolute atomic E-state index is 12.3. The molecule has 0 saturated carbocycles. The van der Waals surface area contributed by atoms with Crippen molar-refractivity contribution in [1.29, 1.82) is 0 Å². The summed E-state index contributed by atoms with van der Waals surface area (Å²) in [7, 11) is 0. The Morgan fingerprint density at radius 3 is 2.65 bits per heavy atom. The van der Waals surface area contributed by atoms with Crippen molar-refractivity contribution >= 4 is 16.9 Å². The quantitative estimate of drug-likeness (QED) is 0.861. The van der Waals surface area contributed by atoms with E-state index in [0.29, 0.717) is 6.42 Å². The molecule has 3 rings (SSSR count). The van der Waals surface area contributed by atoms with Crippen LogP contribution in [0.2, 0.25) is 0 Å². The number of likely N-dealkylation sites (tertiary alicyclic amines) is 1. The predicted octanol–water partition coefficient (Wildman–Crippen LogP) is 2.83. The molecular weight excluding hydrogens is 250 g/mol. The SMILES string of the molecule is O=C(CCn1cnc2ccccc21)N1CCCCCC1. The van der Waals surface area contributed by atoms with Crippen LogP contribution in [0.15, 0.2) is 30.6 Å². The Bertz CT molecular complexity index is 582. The van der Waals surface area contributed by atoms with Crippen LogP contribution in [-0.2, 0) is 11.3 Å². The lowest BCUT2D eigenvalue weighted by Crippen LogP contribution is -2.32. The molecule has 0 unspecified atom stereocenters. The highest BCUT2D eigenvalue weighted by atomic mass is 16.2. The third kappa shape index (κ3) is 2.84. The first-order chi connectivity index (χ1) is 9.84. The molecule has 0 spiro atoms. The molecule has 4 nitrogen and oxygen atoms in total. The number of aromatic nitrogens is 2. The molecule has 1 aromatic heterocycles. The van der Waals surface area contributed by atoms with E-state index in [1.54, 1.807) is 0 Å². The third-order valence-electron chi connectivity index (χ3n) is 4.05. The van der Waals surface area contributed by atoms with Crippen LogP contribution >= 0.6 is 0 Å². The van der Waals surface area contributed by atoms with E-state index in [2.05, 4.69) is 15.6 Å². The highest BCUT2D eigenvalue weighted by molar-refractivity contribution is 5.77. The molecule has 4 heteroatoms. The highest BCUT2D eigenvalue weighted by Gasteiger charge is 2.15. The molecule has 1 fully saturated rings. The fourth-order valence-corrected chi connectivity index (χ4v) is 2.88. The van der Waals surface area contributed by atoms with Crippen molar-refractivity contribution in [3.63, 3.8) is 0 Å². The minimum Gasteiger partial charge on any atom is -0.343 e. The number of hydrogen-bond acceptors (Lipinski definition) is 2. The van der Waals surface area contributed by atoms with E-state index in [1.165, 1.54) is 12.8 Å². The summed E-state index contributed by atoms with van der Waals surface area (Å²) in [4.78, 5) is 18.7. The van der Waals surface area contributed by atoms with Gasteiger partial charge >= 0.3 is 0 Å². The first-order valence-corrected chi connectivity index (χ1v) is 7.52. The number of fused-ring (bicyclic) bond motifs is 1. The summed E-state index contributed by atoms with van der Waals surface area (Å²) in [5.74, 6) is 0.282. The Morgan fingerprint density at radius 1 is 1.10 bits per heavy atom. The zero-order chi connectivity index (χ0) is 13.8. The molecule has 0 aliphatic carbocycles. The normalized spacial score (nSPS) is 16.3. The molecule has 1 aliphatic rings. The predicted molar refractivity (Wildman–Crippen MR) is 79.4 cm³/mol. The van der Waals surface area contributed by atoms with Gasteiger partial charge in [-0.3, -0.25) is 4.79 Å². The van der Waals surface area contributed by atoms with Crippen LogP contribution in [0, 0.1) is 0 Å². The summed E-state index contributed by atoms with van der Waals surface area (Å²) in [5, 5.41) is 0. The van der Waals surface area contributed by atoms with Crippen molar-refractivity contribution in [2.75, 3.05) is 13.1 Å². The summed E-state index contributed by atoms with van der Waals surface area (Å²) >= 11 is 0. The van der Waals surface area contributed by atoms with Crippen LogP contribution in [0.5, 0.6) is 0 Å². The van der Waals surface area contributed by atoms with Gasteiger partial charge in [-0.2, -0.15) is 0 Å². The van der Waals surface area contributed by atoms with Crippen molar-refractivity contribution < 1.29 is 4.79 Å². The first-order valence-electron chi connectivity index (χ1n) is 7.52. The fourth-order valence-electron chi connectivity index (χ4n) is 2.88. The molecule has 0 radical (unpaired) electrons. The molecule has 1 saturated heterocycles. The van der Waals surface area contributed by atoms with Crippen molar-refractivity contribution in [2.24, 2.45) is 0 Å². The largest absolute Gasteiger partial charge is 0.343 e. The summed E-state index contributed by atoms with van der Waals surface area (Å²) in [5.41, 5.74) is 2.10. The Hall–Kier alpha value is -1.84. The van der Waals surface area contributed by atoms with Crippen LogP contribution < -0.4 is 0 Å². The maximum Gasteiger partial charge on any atom is 0.224 e.